The standard InChI is InChI=1S/C38H53N2O6/c1-23(41)46-30-14-15-36(6)29(33(30,2)3)13-16-38(8)31(36)28(42)21-26-27-22-35(5,18-17-34(27,4)19-20-37(26,38)7)32(43)39-24-9-11-25(12-10-24)40(44)45/h9-12,21,27,29-31,44H,13-20,22H2,1-8H3,(H,39,43)/q-1/t27-,29+,30+,31+,34+,35+,36+,37-,38+/m0/s1. The van der Waals surface area contributed by atoms with Gasteiger partial charge in [0.15, 0.2) is 5.78 Å². The maximum Gasteiger partial charge on any atom is 0.302 e. The van der Waals surface area contributed by atoms with Gasteiger partial charge in [0.05, 0.1) is 5.69 Å². The Hall–Kier alpha value is -2.71. The minimum Gasteiger partial charge on any atom is -0.733 e. The van der Waals surface area contributed by atoms with Crippen LogP contribution in [0.2, 0.25) is 0 Å². The Morgan fingerprint density at radius 1 is 0.935 bits per heavy atom. The summed E-state index contributed by atoms with van der Waals surface area (Å²) in [5.41, 5.74) is 0.591. The third-order valence-corrected chi connectivity index (χ3v) is 14.7. The lowest BCUT2D eigenvalue weighted by Crippen LogP contribution is -2.66. The van der Waals surface area contributed by atoms with E-state index < -0.39 is 5.41 Å². The molecule has 2 N–H and O–H groups in total. The molecule has 9 atom stereocenters. The molecule has 252 valence electrons. The van der Waals surface area contributed by atoms with Crippen LogP contribution in [-0.2, 0) is 19.1 Å². The summed E-state index contributed by atoms with van der Waals surface area (Å²) in [6.07, 6.45) is 10.0. The number of fused-ring (bicyclic) bond motifs is 7. The van der Waals surface area contributed by atoms with E-state index in [0.717, 1.165) is 51.4 Å². The number of nitrogens with one attached hydrogen (secondary N) is 1. The zero-order valence-corrected chi connectivity index (χ0v) is 29.0. The molecule has 4 saturated carbocycles. The highest BCUT2D eigenvalue weighted by atomic mass is 16.8. The van der Waals surface area contributed by atoms with Crippen molar-refractivity contribution in [1.82, 2.24) is 0 Å². The lowest BCUT2D eigenvalue weighted by Gasteiger charge is -2.70. The van der Waals surface area contributed by atoms with E-state index in [1.165, 1.54) is 24.6 Å². The second kappa shape index (κ2) is 10.6. The molecule has 0 heterocycles. The van der Waals surface area contributed by atoms with Crippen LogP contribution in [0.3, 0.4) is 0 Å². The van der Waals surface area contributed by atoms with Gasteiger partial charge in [-0.2, -0.15) is 0 Å². The van der Waals surface area contributed by atoms with Gasteiger partial charge in [0, 0.05) is 29.4 Å². The van der Waals surface area contributed by atoms with Crippen LogP contribution in [0.4, 0.5) is 11.4 Å². The monoisotopic (exact) mass is 633 g/mol. The van der Waals surface area contributed by atoms with Gasteiger partial charge in [0.2, 0.25) is 5.91 Å². The van der Waals surface area contributed by atoms with Crippen molar-refractivity contribution in [2.75, 3.05) is 10.5 Å². The van der Waals surface area contributed by atoms with Gasteiger partial charge in [0.1, 0.15) is 6.10 Å². The largest absolute Gasteiger partial charge is 0.733 e. The number of carbonyl (C=O) groups excluding carboxylic acids is 3. The van der Waals surface area contributed by atoms with Crippen LogP contribution in [0.5, 0.6) is 0 Å². The summed E-state index contributed by atoms with van der Waals surface area (Å²) in [6, 6.07) is 6.21. The zero-order valence-electron chi connectivity index (χ0n) is 29.0. The second-order valence-electron chi connectivity index (χ2n) is 17.5. The Kier molecular flexibility index (Phi) is 7.68. The van der Waals surface area contributed by atoms with Crippen molar-refractivity contribution in [3.63, 3.8) is 0 Å². The van der Waals surface area contributed by atoms with Crippen LogP contribution >= 0.6 is 0 Å². The molecule has 5 aliphatic rings. The van der Waals surface area contributed by atoms with Gasteiger partial charge in [-0.3, -0.25) is 19.6 Å². The smallest absolute Gasteiger partial charge is 0.302 e. The number of allylic oxidation sites excluding steroid dienone is 2. The van der Waals surface area contributed by atoms with E-state index in [-0.39, 0.29) is 79.5 Å². The number of hydrogen-bond acceptors (Lipinski definition) is 7. The fourth-order valence-corrected chi connectivity index (χ4v) is 11.7. The number of rotatable bonds is 4. The fraction of sp³-hybridized carbons (Fsp3) is 0.711. The first kappa shape index (κ1) is 33.2. The first-order valence-electron chi connectivity index (χ1n) is 17.3. The maximum atomic E-state index is 14.7. The average molecular weight is 634 g/mol. The van der Waals surface area contributed by atoms with E-state index in [1.807, 2.05) is 6.08 Å². The summed E-state index contributed by atoms with van der Waals surface area (Å²) in [7, 11) is 0. The van der Waals surface area contributed by atoms with Crippen LogP contribution in [0.15, 0.2) is 35.9 Å². The molecule has 1 amide bonds. The summed E-state index contributed by atoms with van der Waals surface area (Å²) < 4.78 is 5.86. The predicted octanol–water partition coefficient (Wildman–Crippen LogP) is 8.23. The van der Waals surface area contributed by atoms with Crippen molar-refractivity contribution in [2.45, 2.75) is 119 Å². The molecule has 0 bridgehead atoms. The summed E-state index contributed by atoms with van der Waals surface area (Å²) in [6.45, 7) is 17.6. The Balaban J connectivity index is 1.32. The molecule has 1 aromatic rings. The topological polar surface area (TPSA) is 119 Å². The first-order chi connectivity index (χ1) is 21.3. The fourth-order valence-electron chi connectivity index (χ4n) is 11.7. The average Bonchev–Trinajstić information content (AvgIpc) is 2.96. The highest BCUT2D eigenvalue weighted by molar-refractivity contribution is 5.97. The van der Waals surface area contributed by atoms with Gasteiger partial charge in [-0.1, -0.05) is 54.0 Å². The van der Waals surface area contributed by atoms with Crippen molar-refractivity contribution >= 4 is 29.0 Å². The van der Waals surface area contributed by atoms with E-state index in [1.54, 1.807) is 12.1 Å². The van der Waals surface area contributed by atoms with Gasteiger partial charge >= 0.3 is 5.97 Å². The van der Waals surface area contributed by atoms with E-state index in [9.17, 15) is 24.8 Å². The van der Waals surface area contributed by atoms with Crippen LogP contribution in [0.1, 0.15) is 113 Å². The molecule has 8 heteroatoms. The van der Waals surface area contributed by atoms with Crippen LogP contribution in [-0.4, -0.2) is 29.0 Å². The number of anilines is 2. The first-order valence-corrected chi connectivity index (χ1v) is 17.3. The molecule has 0 radical (unpaired) electrons. The Morgan fingerprint density at radius 3 is 2.22 bits per heavy atom. The quantitative estimate of drug-likeness (QED) is 0.253. The van der Waals surface area contributed by atoms with E-state index >= 15 is 0 Å². The Morgan fingerprint density at radius 2 is 1.59 bits per heavy atom. The van der Waals surface area contributed by atoms with E-state index in [2.05, 4.69) is 53.8 Å². The lowest BCUT2D eigenvalue weighted by atomic mass is 9.33. The van der Waals surface area contributed by atoms with Crippen LogP contribution in [0.25, 0.3) is 0 Å². The highest BCUT2D eigenvalue weighted by Gasteiger charge is 2.70. The zero-order chi connectivity index (χ0) is 33.7. The molecule has 4 fully saturated rings. The summed E-state index contributed by atoms with van der Waals surface area (Å²) in [4.78, 5) is 40.5. The van der Waals surface area contributed by atoms with Crippen molar-refractivity contribution in [3.8, 4) is 0 Å². The summed E-state index contributed by atoms with van der Waals surface area (Å²) in [5, 5.41) is 23.3. The van der Waals surface area contributed by atoms with Crippen LogP contribution < -0.4 is 10.5 Å². The van der Waals surface area contributed by atoms with Gasteiger partial charge in [-0.15, -0.1) is 0 Å². The minimum atomic E-state index is -0.618. The lowest BCUT2D eigenvalue weighted by molar-refractivity contribution is -0.210. The molecule has 0 unspecified atom stereocenters. The third-order valence-electron chi connectivity index (χ3n) is 14.7. The van der Waals surface area contributed by atoms with Crippen molar-refractivity contribution in [3.05, 3.63) is 41.1 Å². The molecule has 8 nitrogen and oxygen atoms in total. The minimum absolute atomic E-state index is 0.0279. The molecule has 1 aromatic carbocycles. The molecule has 6 rings (SSSR count). The van der Waals surface area contributed by atoms with Crippen LogP contribution in [0, 0.1) is 55.5 Å². The number of esters is 1. The number of benzene rings is 1. The number of ketones is 1. The number of hydrogen-bond donors (Lipinski definition) is 2. The molecule has 46 heavy (non-hydrogen) atoms. The molecule has 0 aliphatic heterocycles. The molecular weight excluding hydrogens is 580 g/mol. The number of amides is 1. The number of nitrogens with zero attached hydrogens (tertiary/aromatic N) is 1. The third kappa shape index (κ3) is 4.71. The maximum absolute atomic E-state index is 14.7. The predicted molar refractivity (Wildman–Crippen MR) is 178 cm³/mol. The van der Waals surface area contributed by atoms with Crippen molar-refractivity contribution < 1.29 is 24.3 Å². The number of ether oxygens (including phenoxy) is 1. The Bertz CT molecular complexity index is 1470. The Labute approximate surface area is 274 Å². The van der Waals surface area contributed by atoms with Gasteiger partial charge < -0.3 is 20.5 Å². The number of carbonyl (C=O) groups is 3. The summed E-state index contributed by atoms with van der Waals surface area (Å²) in [5.74, 6) is 0.275. The normalized spacial score (nSPS) is 42.7. The van der Waals surface area contributed by atoms with E-state index in [0.29, 0.717) is 12.1 Å². The second-order valence-corrected chi connectivity index (χ2v) is 17.5. The summed E-state index contributed by atoms with van der Waals surface area (Å²) >= 11 is 0. The highest BCUT2D eigenvalue weighted by Crippen LogP contribution is 2.75. The van der Waals surface area contributed by atoms with Crippen molar-refractivity contribution in [1.29, 1.82) is 0 Å². The molecule has 0 spiro atoms. The van der Waals surface area contributed by atoms with E-state index in [4.69, 9.17) is 4.74 Å². The molecule has 0 aromatic heterocycles. The van der Waals surface area contributed by atoms with Gasteiger partial charge in [-0.25, -0.2) is 0 Å². The van der Waals surface area contributed by atoms with Gasteiger partial charge in [0.25, 0.3) is 0 Å². The van der Waals surface area contributed by atoms with Gasteiger partial charge in [-0.05, 0) is 122 Å². The van der Waals surface area contributed by atoms with Crippen molar-refractivity contribution in [2.24, 2.45) is 50.2 Å². The SMILES string of the molecule is CC(=O)O[C@@H]1CC[C@]2(C)[C@H](CC[C@]3(C)[C@@H]2C(=O)C=C2[C@@H]4C[C@](C)(C(=O)Nc5ccc(N([O-])O)cc5)CC[C@]4(C)CC[C@@]23C)C1(C)C. The molecule has 0 saturated heterocycles. The molecular formula is C38H53N2O6-. The molecule has 5 aliphatic carbocycles.